The summed E-state index contributed by atoms with van der Waals surface area (Å²) in [7, 11) is 0. The molecule has 452 valence electrons. The fraction of sp³-hybridized carbons (Fsp3) is 0.350. The van der Waals surface area contributed by atoms with Crippen LogP contribution in [-0.4, -0.2) is 115 Å². The lowest BCUT2D eigenvalue weighted by Crippen LogP contribution is -2.28. The Hall–Kier alpha value is -10.1. The molecule has 2 aromatic carbocycles. The van der Waals surface area contributed by atoms with Crippen LogP contribution in [-0.2, 0) is 54.1 Å². The number of pyridine rings is 3. The molecular formula is C60H67N5O20. The van der Waals surface area contributed by atoms with Gasteiger partial charge in [-0.2, -0.15) is 0 Å². The number of aromatic carboxylic acids is 1. The van der Waals surface area contributed by atoms with Crippen LogP contribution in [0.15, 0.2) is 105 Å². The van der Waals surface area contributed by atoms with Gasteiger partial charge in [0.05, 0.1) is 60.2 Å². The zero-order valence-corrected chi connectivity index (χ0v) is 47.3. The highest BCUT2D eigenvalue weighted by Crippen LogP contribution is 2.22. The average molecular weight is 1180 g/mol. The summed E-state index contributed by atoms with van der Waals surface area (Å²) in [6, 6.07) is 9.13. The van der Waals surface area contributed by atoms with Crippen molar-refractivity contribution in [3.05, 3.63) is 149 Å². The van der Waals surface area contributed by atoms with Crippen LogP contribution in [0, 0.1) is 0 Å². The first-order chi connectivity index (χ1) is 40.6. The van der Waals surface area contributed by atoms with Gasteiger partial charge in [0.1, 0.15) is 39.8 Å². The number of allylic oxidation sites excluding steroid dienone is 4. The van der Waals surface area contributed by atoms with E-state index >= 15 is 0 Å². The number of Topliss-reactive ketones (excluding diaryl/α,β-unsaturated/α-hetero) is 3. The molecule has 4 aliphatic rings. The lowest BCUT2D eigenvalue weighted by Gasteiger charge is -2.14. The van der Waals surface area contributed by atoms with Crippen molar-refractivity contribution in [2.75, 3.05) is 26.4 Å². The van der Waals surface area contributed by atoms with Gasteiger partial charge in [-0.05, 0) is 103 Å². The predicted octanol–water partition coefficient (Wildman–Crippen LogP) is 5.92. The first kappa shape index (κ1) is 67.4. The summed E-state index contributed by atoms with van der Waals surface area (Å²) in [5, 5.41) is 30.7. The number of aryl methyl sites for hydroxylation is 1. The molecule has 4 aliphatic carbocycles. The fourth-order valence-electron chi connectivity index (χ4n) is 8.38. The van der Waals surface area contributed by atoms with Gasteiger partial charge in [-0.1, -0.05) is 12.1 Å². The van der Waals surface area contributed by atoms with Crippen molar-refractivity contribution in [3.63, 3.8) is 0 Å². The van der Waals surface area contributed by atoms with Crippen molar-refractivity contribution in [1.82, 2.24) is 20.3 Å². The molecule has 3 heterocycles. The van der Waals surface area contributed by atoms with E-state index in [2.05, 4.69) is 20.3 Å². The smallest absolute Gasteiger partial charge is 0.347 e. The van der Waals surface area contributed by atoms with Gasteiger partial charge in [-0.3, -0.25) is 38.4 Å². The second-order valence-electron chi connectivity index (χ2n) is 18.6. The number of carboxylic acids is 1. The van der Waals surface area contributed by atoms with E-state index < -0.39 is 46.1 Å². The van der Waals surface area contributed by atoms with Gasteiger partial charge in [-0.25, -0.2) is 24.0 Å². The molecule has 0 radical (unpaired) electrons. The first-order valence-corrected chi connectivity index (χ1v) is 27.2. The number of ketones is 5. The quantitative estimate of drug-likeness (QED) is 0.0250. The van der Waals surface area contributed by atoms with Crippen molar-refractivity contribution >= 4 is 80.6 Å². The van der Waals surface area contributed by atoms with Gasteiger partial charge in [0, 0.05) is 80.1 Å². The predicted molar refractivity (Wildman–Crippen MR) is 307 cm³/mol. The molecular weight excluding hydrogens is 1110 g/mol. The Morgan fingerprint density at radius 3 is 1.47 bits per heavy atom. The summed E-state index contributed by atoms with van der Waals surface area (Å²) < 4.78 is 19.1. The summed E-state index contributed by atoms with van der Waals surface area (Å²) in [5.41, 5.74) is 5.87. The summed E-state index contributed by atoms with van der Waals surface area (Å²) in [4.78, 5) is 155. The molecule has 0 atom stereocenters. The van der Waals surface area contributed by atoms with Crippen LogP contribution in [0.2, 0.25) is 0 Å². The third-order valence-electron chi connectivity index (χ3n) is 12.4. The number of aromatic amines is 3. The number of fused-ring (bicyclic) bond motifs is 3. The molecule has 3 aromatic heterocycles. The van der Waals surface area contributed by atoms with Crippen molar-refractivity contribution in [1.29, 1.82) is 0 Å². The number of ether oxygens (including phenoxy) is 4. The first-order valence-electron chi connectivity index (χ1n) is 27.2. The monoisotopic (exact) mass is 1180 g/mol. The lowest BCUT2D eigenvalue weighted by atomic mass is 9.93. The molecule has 0 spiro atoms. The minimum atomic E-state index is -1.32. The number of aromatic hydroxyl groups is 2. The second-order valence-corrected chi connectivity index (χ2v) is 18.6. The Bertz CT molecular complexity index is 3590. The highest BCUT2D eigenvalue weighted by molar-refractivity contribution is 6.14. The number of esters is 4. The zero-order chi connectivity index (χ0) is 62.8. The van der Waals surface area contributed by atoms with Crippen LogP contribution >= 0.6 is 0 Å². The number of phenolic OH excluding ortho intramolecular Hbond substituents is 2. The molecule has 1 saturated carbocycles. The third kappa shape index (κ3) is 20.1. The lowest BCUT2D eigenvalue weighted by molar-refractivity contribution is -0.146. The number of rotatable bonds is 11. The van der Waals surface area contributed by atoms with E-state index in [1.807, 2.05) is 0 Å². The van der Waals surface area contributed by atoms with Crippen molar-refractivity contribution < 1.29 is 82.2 Å². The molecule has 5 aromatic rings. The fourth-order valence-corrected chi connectivity index (χ4v) is 8.38. The molecule has 0 aliphatic heterocycles. The number of carbonyl (C=O) groups is 10. The van der Waals surface area contributed by atoms with E-state index in [1.54, 1.807) is 52.0 Å². The maximum Gasteiger partial charge on any atom is 0.347 e. The largest absolute Gasteiger partial charge is 0.507 e. The number of nitrogens with two attached hydrogens (primary N) is 1. The number of carbonyl (C=O) groups excluding carboxylic acids is 9. The Morgan fingerprint density at radius 2 is 1.01 bits per heavy atom. The maximum absolute atomic E-state index is 12.0. The van der Waals surface area contributed by atoms with E-state index in [1.165, 1.54) is 42.9 Å². The Kier molecular flexibility index (Phi) is 26.8. The molecule has 0 unspecified atom stereocenters. The van der Waals surface area contributed by atoms with E-state index in [9.17, 15) is 72.5 Å². The van der Waals surface area contributed by atoms with Gasteiger partial charge < -0.3 is 60.3 Å². The molecule has 0 bridgehead atoms. The minimum absolute atomic E-state index is 0.00241. The number of H-pyrrole nitrogens is 3. The number of hydrogen-bond acceptors (Lipinski definition) is 21. The van der Waals surface area contributed by atoms with Gasteiger partial charge in [0.2, 0.25) is 16.3 Å². The Morgan fingerprint density at radius 1 is 0.553 bits per heavy atom. The summed E-state index contributed by atoms with van der Waals surface area (Å²) in [5.74, 6) is -4.35. The number of benzene rings is 2. The number of hydrogen-bond donors (Lipinski definition) is 8. The van der Waals surface area contributed by atoms with Gasteiger partial charge in [0.15, 0.2) is 22.9 Å². The van der Waals surface area contributed by atoms with Crippen LogP contribution in [0.3, 0.4) is 0 Å². The molecule has 25 heteroatoms. The highest BCUT2D eigenvalue weighted by atomic mass is 16.6. The van der Waals surface area contributed by atoms with E-state index in [4.69, 9.17) is 29.8 Å². The highest BCUT2D eigenvalue weighted by Gasteiger charge is 2.26. The van der Waals surface area contributed by atoms with E-state index in [0.717, 1.165) is 44.0 Å². The number of aromatic nitrogens is 3. The normalized spacial score (nSPS) is 14.0. The summed E-state index contributed by atoms with van der Waals surface area (Å²) in [6.45, 7) is 7.33. The van der Waals surface area contributed by atoms with Crippen LogP contribution < -0.4 is 27.3 Å². The molecule has 9 N–H and O–H groups in total. The van der Waals surface area contributed by atoms with E-state index in [-0.39, 0.29) is 112 Å². The number of phenols is 2. The Balaban J connectivity index is 0.000000224. The molecule has 85 heavy (non-hydrogen) atoms. The SMILES string of the molecule is CCOC(=O)C(=CNC1=CC(=O)CCC1)C(=O)OCC.CCOC(=O)c1c[nH]c2c(c1=O)C(=O)CCC2.CCOC(=O)c1c[nH]c2cccc(O)c2c1=O.NC1=CC(=O)CCC1.O=C(O)c1c[nH]c2cccc(O)c2c1=O.O=C1CCCC(=O)C1. The van der Waals surface area contributed by atoms with Crippen molar-refractivity contribution in [2.24, 2.45) is 5.73 Å². The molecule has 25 nitrogen and oxygen atoms in total. The van der Waals surface area contributed by atoms with Crippen LogP contribution in [0.4, 0.5) is 0 Å². The molecule has 1 fully saturated rings. The number of carboxylic acid groups (broad SMARTS) is 1. The van der Waals surface area contributed by atoms with Crippen LogP contribution in [0.5, 0.6) is 11.5 Å². The summed E-state index contributed by atoms with van der Waals surface area (Å²) in [6.07, 6.45) is 16.4. The Labute approximate surface area is 485 Å². The minimum Gasteiger partial charge on any atom is -0.507 e. The molecule has 9 rings (SSSR count). The second kappa shape index (κ2) is 33.8. The maximum atomic E-state index is 12.0. The average Bonchev–Trinajstić information content (AvgIpc) is 2.38. The number of nitrogens with one attached hydrogen (secondary N) is 4. The van der Waals surface area contributed by atoms with E-state index in [0.29, 0.717) is 67.4 Å². The molecule has 0 saturated heterocycles. The van der Waals surface area contributed by atoms with Crippen LogP contribution in [0.25, 0.3) is 21.8 Å². The van der Waals surface area contributed by atoms with Crippen molar-refractivity contribution in [2.45, 2.75) is 111 Å². The van der Waals surface area contributed by atoms with Gasteiger partial charge in [0.25, 0.3) is 0 Å². The standard InChI is InChI=1S/C14H19NO5.C12H13NO4.C12H11NO4.C10H7NO4.C6H9NO.C6H8O2/c1-3-19-13(17)12(14(18)20-4-2)9-15-10-6-5-7-11(16)8-10;2*1-2-17-12(16)7-6-13-8-4-3-5-9(14)10(8)11(7)15;12-7-3-1-2-6-8(7)9(13)5(4-11-6)10(14)15;2*7-5-2-1-3-6(8)4-5/h8-9,15H,3-7H2,1-2H3;6H,2-5H2,1H3,(H,13,15);3-6,14H,2H2,1H3,(H,13,15);1-4,12H,(H,11,13)(H,14,15);4H,1-3,7H2;1-4H2. The topological polar surface area (TPSA) is 405 Å². The van der Waals surface area contributed by atoms with Crippen molar-refractivity contribution in [3.8, 4) is 11.5 Å². The zero-order valence-electron chi connectivity index (χ0n) is 47.3. The van der Waals surface area contributed by atoms with Crippen LogP contribution in [0.1, 0.15) is 152 Å². The summed E-state index contributed by atoms with van der Waals surface area (Å²) >= 11 is 0. The van der Waals surface area contributed by atoms with Gasteiger partial charge >= 0.3 is 29.8 Å². The van der Waals surface area contributed by atoms with Gasteiger partial charge in [-0.15, -0.1) is 0 Å². The third-order valence-corrected chi connectivity index (χ3v) is 12.4. The molecule has 0 amide bonds.